The number of ether oxygens (including phenoxy) is 1. The predicted octanol–water partition coefficient (Wildman–Crippen LogP) is 4.95. The second-order valence-corrected chi connectivity index (χ2v) is 6.24. The maximum atomic E-state index is 6.37. The third-order valence-corrected chi connectivity index (χ3v) is 4.92. The highest BCUT2D eigenvalue weighted by molar-refractivity contribution is 5.61. The molecule has 0 saturated heterocycles. The maximum absolute atomic E-state index is 6.37. The molecule has 0 bridgehead atoms. The SMILES string of the molecule is CCC1(CC)CN(Cc2ccccc2C)c2ccccc2O1. The van der Waals surface area contributed by atoms with Crippen molar-refractivity contribution in [2.75, 3.05) is 11.4 Å². The molecule has 1 aliphatic rings. The topological polar surface area (TPSA) is 12.5 Å². The summed E-state index contributed by atoms with van der Waals surface area (Å²) in [5.41, 5.74) is 3.88. The molecule has 2 aromatic rings. The van der Waals surface area contributed by atoms with Crippen molar-refractivity contribution in [1.29, 1.82) is 0 Å². The Bertz CT molecular complexity index is 646. The van der Waals surface area contributed by atoms with Crippen molar-refractivity contribution in [1.82, 2.24) is 0 Å². The van der Waals surface area contributed by atoms with Crippen LogP contribution in [-0.4, -0.2) is 12.1 Å². The fourth-order valence-electron chi connectivity index (χ4n) is 3.26. The summed E-state index contributed by atoms with van der Waals surface area (Å²) in [5.74, 6) is 1.02. The van der Waals surface area contributed by atoms with Crippen LogP contribution in [0.15, 0.2) is 48.5 Å². The highest BCUT2D eigenvalue weighted by Crippen LogP contribution is 2.40. The smallest absolute Gasteiger partial charge is 0.143 e. The third kappa shape index (κ3) is 2.70. The van der Waals surface area contributed by atoms with Gasteiger partial charge in [-0.3, -0.25) is 0 Å². The van der Waals surface area contributed by atoms with Gasteiger partial charge in [0.2, 0.25) is 0 Å². The zero-order valence-corrected chi connectivity index (χ0v) is 13.8. The Hall–Kier alpha value is -1.96. The van der Waals surface area contributed by atoms with E-state index >= 15 is 0 Å². The summed E-state index contributed by atoms with van der Waals surface area (Å²) < 4.78 is 6.37. The lowest BCUT2D eigenvalue weighted by atomic mass is 9.93. The molecule has 0 aliphatic carbocycles. The number of hydrogen-bond acceptors (Lipinski definition) is 2. The van der Waals surface area contributed by atoms with Crippen LogP contribution in [0.1, 0.15) is 37.8 Å². The number of para-hydroxylation sites is 2. The van der Waals surface area contributed by atoms with Crippen molar-refractivity contribution in [3.8, 4) is 5.75 Å². The Kier molecular flexibility index (Phi) is 4.10. The molecule has 1 aliphatic heterocycles. The van der Waals surface area contributed by atoms with Crippen molar-refractivity contribution in [3.63, 3.8) is 0 Å². The first-order valence-corrected chi connectivity index (χ1v) is 8.25. The van der Waals surface area contributed by atoms with E-state index in [9.17, 15) is 0 Å². The largest absolute Gasteiger partial charge is 0.483 e. The van der Waals surface area contributed by atoms with Gasteiger partial charge in [-0.05, 0) is 43.0 Å². The molecule has 0 fully saturated rings. The van der Waals surface area contributed by atoms with Crippen molar-refractivity contribution in [3.05, 3.63) is 59.7 Å². The monoisotopic (exact) mass is 295 g/mol. The average Bonchev–Trinajstić information content (AvgIpc) is 2.56. The van der Waals surface area contributed by atoms with E-state index in [-0.39, 0.29) is 5.60 Å². The van der Waals surface area contributed by atoms with E-state index in [0.717, 1.165) is 31.7 Å². The lowest BCUT2D eigenvalue weighted by Crippen LogP contribution is -2.50. The Balaban J connectivity index is 1.97. The summed E-state index contributed by atoms with van der Waals surface area (Å²) >= 11 is 0. The molecule has 1 heterocycles. The highest BCUT2D eigenvalue weighted by Gasteiger charge is 2.36. The van der Waals surface area contributed by atoms with Crippen LogP contribution in [-0.2, 0) is 6.54 Å². The van der Waals surface area contributed by atoms with E-state index < -0.39 is 0 Å². The molecule has 0 amide bonds. The molecule has 116 valence electrons. The van der Waals surface area contributed by atoms with Crippen LogP contribution < -0.4 is 9.64 Å². The standard InChI is InChI=1S/C20H25NO/c1-4-20(5-2)15-21(14-17-11-7-6-10-16(17)3)18-12-8-9-13-19(18)22-20/h6-13H,4-5,14-15H2,1-3H3. The summed E-state index contributed by atoms with van der Waals surface area (Å²) in [6.45, 7) is 8.53. The minimum absolute atomic E-state index is 0.0724. The van der Waals surface area contributed by atoms with Gasteiger partial charge >= 0.3 is 0 Å². The second-order valence-electron chi connectivity index (χ2n) is 6.24. The highest BCUT2D eigenvalue weighted by atomic mass is 16.5. The summed E-state index contributed by atoms with van der Waals surface area (Å²) in [4.78, 5) is 2.48. The van der Waals surface area contributed by atoms with E-state index in [1.165, 1.54) is 16.8 Å². The molecule has 0 radical (unpaired) electrons. The van der Waals surface area contributed by atoms with Gasteiger partial charge in [0.05, 0.1) is 12.2 Å². The molecular weight excluding hydrogens is 270 g/mol. The number of aryl methyl sites for hydroxylation is 1. The molecule has 22 heavy (non-hydrogen) atoms. The van der Waals surface area contributed by atoms with Crippen LogP contribution in [0.25, 0.3) is 0 Å². The van der Waals surface area contributed by atoms with Gasteiger partial charge in [0, 0.05) is 6.54 Å². The van der Waals surface area contributed by atoms with Crippen LogP contribution in [0.2, 0.25) is 0 Å². The van der Waals surface area contributed by atoms with Crippen LogP contribution in [0.3, 0.4) is 0 Å². The van der Waals surface area contributed by atoms with Gasteiger partial charge in [-0.2, -0.15) is 0 Å². The van der Waals surface area contributed by atoms with Gasteiger partial charge < -0.3 is 9.64 Å². The fourth-order valence-corrected chi connectivity index (χ4v) is 3.26. The lowest BCUT2D eigenvalue weighted by Gasteiger charge is -2.44. The maximum Gasteiger partial charge on any atom is 0.143 e. The summed E-state index contributed by atoms with van der Waals surface area (Å²) in [6, 6.07) is 17.1. The Morgan fingerprint density at radius 2 is 1.68 bits per heavy atom. The molecule has 0 saturated carbocycles. The molecule has 2 nitrogen and oxygen atoms in total. The molecule has 0 unspecified atom stereocenters. The number of rotatable bonds is 4. The quantitative estimate of drug-likeness (QED) is 0.791. The number of hydrogen-bond donors (Lipinski definition) is 0. The minimum Gasteiger partial charge on any atom is -0.483 e. The van der Waals surface area contributed by atoms with E-state index in [1.54, 1.807) is 0 Å². The Labute approximate surface area is 133 Å². The molecule has 3 rings (SSSR count). The zero-order chi connectivity index (χ0) is 15.6. The first-order chi connectivity index (χ1) is 10.7. The van der Waals surface area contributed by atoms with Gasteiger partial charge in [0.25, 0.3) is 0 Å². The predicted molar refractivity (Wildman–Crippen MR) is 92.6 cm³/mol. The van der Waals surface area contributed by atoms with Crippen molar-refractivity contribution in [2.24, 2.45) is 0 Å². The van der Waals surface area contributed by atoms with E-state index in [0.29, 0.717) is 0 Å². The van der Waals surface area contributed by atoms with Crippen molar-refractivity contribution >= 4 is 5.69 Å². The fraction of sp³-hybridized carbons (Fsp3) is 0.400. The normalized spacial score (nSPS) is 16.0. The minimum atomic E-state index is -0.0724. The molecule has 2 heteroatoms. The molecule has 0 atom stereocenters. The second kappa shape index (κ2) is 6.04. The number of nitrogens with zero attached hydrogens (tertiary/aromatic N) is 1. The molecule has 0 aromatic heterocycles. The molecule has 2 aromatic carbocycles. The van der Waals surface area contributed by atoms with Gasteiger partial charge in [-0.1, -0.05) is 50.2 Å². The Morgan fingerprint density at radius 1 is 1.00 bits per heavy atom. The van der Waals surface area contributed by atoms with E-state index in [4.69, 9.17) is 4.74 Å². The van der Waals surface area contributed by atoms with Crippen LogP contribution in [0, 0.1) is 6.92 Å². The number of benzene rings is 2. The van der Waals surface area contributed by atoms with Gasteiger partial charge in [0.15, 0.2) is 0 Å². The first-order valence-electron chi connectivity index (χ1n) is 8.25. The number of anilines is 1. The van der Waals surface area contributed by atoms with Crippen molar-refractivity contribution < 1.29 is 4.74 Å². The molecule has 0 N–H and O–H groups in total. The summed E-state index contributed by atoms with van der Waals surface area (Å²) in [6.07, 6.45) is 2.06. The zero-order valence-electron chi connectivity index (χ0n) is 13.8. The van der Waals surface area contributed by atoms with E-state index in [2.05, 4.69) is 74.2 Å². The first kappa shape index (κ1) is 15.0. The average molecular weight is 295 g/mol. The van der Waals surface area contributed by atoms with Crippen molar-refractivity contribution in [2.45, 2.75) is 45.8 Å². The third-order valence-electron chi connectivity index (χ3n) is 4.92. The van der Waals surface area contributed by atoms with Gasteiger partial charge in [-0.15, -0.1) is 0 Å². The van der Waals surface area contributed by atoms with Crippen LogP contribution in [0.4, 0.5) is 5.69 Å². The van der Waals surface area contributed by atoms with E-state index in [1.807, 2.05) is 0 Å². The summed E-state index contributed by atoms with van der Waals surface area (Å²) in [5, 5.41) is 0. The van der Waals surface area contributed by atoms with Gasteiger partial charge in [0.1, 0.15) is 11.4 Å². The van der Waals surface area contributed by atoms with Crippen LogP contribution >= 0.6 is 0 Å². The summed E-state index contributed by atoms with van der Waals surface area (Å²) in [7, 11) is 0. The number of fused-ring (bicyclic) bond motifs is 1. The molecule has 0 spiro atoms. The van der Waals surface area contributed by atoms with Crippen LogP contribution in [0.5, 0.6) is 5.75 Å². The Morgan fingerprint density at radius 3 is 2.41 bits per heavy atom. The molecular formula is C20H25NO. The van der Waals surface area contributed by atoms with Gasteiger partial charge in [-0.25, -0.2) is 0 Å². The lowest BCUT2D eigenvalue weighted by molar-refractivity contribution is 0.0570.